The summed E-state index contributed by atoms with van der Waals surface area (Å²) in [5.41, 5.74) is -0.919. The Hall–Kier alpha value is -3.93. The van der Waals surface area contributed by atoms with Crippen LogP contribution >= 0.6 is 0 Å². The standard InChI is InChI=1S/C29H31F4N5O3/c30-21-3-1-20(2-4-21)19-36-13-15-37(16-14-36)28-18-25(11-12-34-28)41-24-8-5-22(6-9-24)35-23-7-10-27(38(39)40)26(17-23)29(31,32)33/h1-4,7,10-12,17-18,22,24,35H,5-6,8-9,13-16,19H2/t22-,24-. The molecular formula is C29H31F4N5O3. The second-order valence-corrected chi connectivity index (χ2v) is 10.5. The van der Waals surface area contributed by atoms with Crippen LogP contribution in [-0.2, 0) is 12.7 Å². The second kappa shape index (κ2) is 12.3. The average Bonchev–Trinajstić information content (AvgIpc) is 2.95. The van der Waals surface area contributed by atoms with Crippen molar-refractivity contribution in [3.8, 4) is 5.75 Å². The minimum atomic E-state index is -4.81. The molecule has 1 N–H and O–H groups in total. The van der Waals surface area contributed by atoms with E-state index in [1.165, 1.54) is 18.2 Å². The first-order valence-corrected chi connectivity index (χ1v) is 13.6. The van der Waals surface area contributed by atoms with Crippen molar-refractivity contribution in [1.82, 2.24) is 9.88 Å². The first-order valence-electron chi connectivity index (χ1n) is 13.6. The van der Waals surface area contributed by atoms with Gasteiger partial charge in [-0.2, -0.15) is 13.2 Å². The number of aromatic nitrogens is 1. The molecule has 2 fully saturated rings. The molecule has 1 saturated heterocycles. The Labute approximate surface area is 235 Å². The topological polar surface area (TPSA) is 83.8 Å². The van der Waals surface area contributed by atoms with Crippen LogP contribution in [0, 0.1) is 15.9 Å². The third-order valence-corrected chi connectivity index (χ3v) is 7.58. The molecular weight excluding hydrogens is 542 g/mol. The predicted octanol–water partition coefficient (Wildman–Crippen LogP) is 6.27. The molecule has 2 aromatic carbocycles. The molecule has 0 bridgehead atoms. The zero-order chi connectivity index (χ0) is 29.0. The van der Waals surface area contributed by atoms with Gasteiger partial charge in [-0.3, -0.25) is 15.0 Å². The number of hydrogen-bond donors (Lipinski definition) is 1. The van der Waals surface area contributed by atoms with E-state index in [9.17, 15) is 27.7 Å². The van der Waals surface area contributed by atoms with Crippen molar-refractivity contribution in [2.24, 2.45) is 0 Å². The fraction of sp³-hybridized carbons (Fsp3) is 0.414. The SMILES string of the molecule is O=[N+]([O-])c1ccc(N[C@H]2CC[C@H](Oc3ccnc(N4CCN(Cc5ccc(F)cc5)CC4)c3)CC2)cc1C(F)(F)F. The number of piperazine rings is 1. The predicted molar refractivity (Wildman–Crippen MR) is 147 cm³/mol. The fourth-order valence-electron chi connectivity index (χ4n) is 5.39. The molecule has 2 heterocycles. The number of ether oxygens (including phenoxy) is 1. The van der Waals surface area contributed by atoms with Gasteiger partial charge in [-0.1, -0.05) is 12.1 Å². The van der Waals surface area contributed by atoms with Crippen LogP contribution in [0.15, 0.2) is 60.8 Å². The Morgan fingerprint density at radius 3 is 2.34 bits per heavy atom. The summed E-state index contributed by atoms with van der Waals surface area (Å²) in [7, 11) is 0. The third kappa shape index (κ3) is 7.43. The summed E-state index contributed by atoms with van der Waals surface area (Å²) >= 11 is 0. The summed E-state index contributed by atoms with van der Waals surface area (Å²) in [6.07, 6.45) is -0.290. The number of alkyl halides is 3. The lowest BCUT2D eigenvalue weighted by molar-refractivity contribution is -0.388. The number of nitro groups is 1. The Morgan fingerprint density at radius 2 is 1.68 bits per heavy atom. The Morgan fingerprint density at radius 1 is 0.976 bits per heavy atom. The van der Waals surface area contributed by atoms with Gasteiger partial charge in [0.05, 0.1) is 11.0 Å². The number of halogens is 4. The molecule has 1 aromatic heterocycles. The van der Waals surface area contributed by atoms with Crippen molar-refractivity contribution < 1.29 is 27.2 Å². The van der Waals surface area contributed by atoms with Gasteiger partial charge in [0.15, 0.2) is 0 Å². The van der Waals surface area contributed by atoms with Gasteiger partial charge < -0.3 is 15.0 Å². The lowest BCUT2D eigenvalue weighted by atomic mass is 9.92. The Bertz CT molecular complexity index is 1340. The van der Waals surface area contributed by atoms with Gasteiger partial charge in [0.2, 0.25) is 0 Å². The largest absolute Gasteiger partial charge is 0.490 e. The monoisotopic (exact) mass is 573 g/mol. The van der Waals surface area contributed by atoms with Crippen molar-refractivity contribution >= 4 is 17.2 Å². The van der Waals surface area contributed by atoms with Gasteiger partial charge in [0.1, 0.15) is 22.9 Å². The van der Waals surface area contributed by atoms with Crippen LogP contribution in [0.2, 0.25) is 0 Å². The van der Waals surface area contributed by atoms with E-state index in [-0.39, 0.29) is 23.7 Å². The van der Waals surface area contributed by atoms with E-state index in [1.54, 1.807) is 6.20 Å². The molecule has 12 heteroatoms. The van der Waals surface area contributed by atoms with E-state index in [2.05, 4.69) is 20.1 Å². The van der Waals surface area contributed by atoms with Crippen LogP contribution in [0.3, 0.4) is 0 Å². The highest BCUT2D eigenvalue weighted by molar-refractivity contribution is 5.55. The molecule has 0 spiro atoms. The molecule has 1 aliphatic carbocycles. The number of nitrogens with one attached hydrogen (secondary N) is 1. The zero-order valence-electron chi connectivity index (χ0n) is 22.3. The maximum Gasteiger partial charge on any atom is 0.423 e. The van der Waals surface area contributed by atoms with E-state index >= 15 is 0 Å². The number of nitro benzene ring substituents is 1. The van der Waals surface area contributed by atoms with Gasteiger partial charge in [-0.05, 0) is 61.6 Å². The van der Waals surface area contributed by atoms with Crippen molar-refractivity contribution in [2.45, 2.75) is 50.6 Å². The van der Waals surface area contributed by atoms with Crippen molar-refractivity contribution in [2.75, 3.05) is 36.4 Å². The van der Waals surface area contributed by atoms with Crippen LogP contribution in [-0.4, -0.2) is 53.1 Å². The first-order chi connectivity index (χ1) is 19.6. The molecule has 2 aliphatic rings. The van der Waals surface area contributed by atoms with Crippen LogP contribution < -0.4 is 15.0 Å². The lowest BCUT2D eigenvalue weighted by Crippen LogP contribution is -2.46. The normalized spacial score (nSPS) is 20.0. The van der Waals surface area contributed by atoms with Gasteiger partial charge >= 0.3 is 6.18 Å². The summed E-state index contributed by atoms with van der Waals surface area (Å²) in [6, 6.07) is 13.3. The number of anilines is 2. The number of pyridine rings is 1. The Kier molecular flexibility index (Phi) is 8.57. The van der Waals surface area contributed by atoms with Crippen LogP contribution in [0.4, 0.5) is 34.8 Å². The average molecular weight is 574 g/mol. The molecule has 3 aromatic rings. The van der Waals surface area contributed by atoms with Gasteiger partial charge in [-0.25, -0.2) is 9.37 Å². The van der Waals surface area contributed by atoms with E-state index in [1.807, 2.05) is 24.3 Å². The van der Waals surface area contributed by atoms with Crippen LogP contribution in [0.1, 0.15) is 36.8 Å². The Balaban J connectivity index is 1.10. The highest BCUT2D eigenvalue weighted by Gasteiger charge is 2.38. The highest BCUT2D eigenvalue weighted by atomic mass is 19.4. The first kappa shape index (κ1) is 28.6. The molecule has 218 valence electrons. The summed E-state index contributed by atoms with van der Waals surface area (Å²) in [4.78, 5) is 19.1. The van der Waals surface area contributed by atoms with Gasteiger partial charge in [0.25, 0.3) is 5.69 Å². The van der Waals surface area contributed by atoms with E-state index in [0.29, 0.717) is 12.8 Å². The van der Waals surface area contributed by atoms with E-state index in [0.717, 1.165) is 74.8 Å². The quantitative estimate of drug-likeness (QED) is 0.193. The molecule has 0 unspecified atom stereocenters. The number of hydrogen-bond acceptors (Lipinski definition) is 7. The van der Waals surface area contributed by atoms with Crippen molar-refractivity contribution in [1.29, 1.82) is 0 Å². The minimum absolute atomic E-state index is 0.0292. The molecule has 8 nitrogen and oxygen atoms in total. The third-order valence-electron chi connectivity index (χ3n) is 7.58. The molecule has 41 heavy (non-hydrogen) atoms. The smallest absolute Gasteiger partial charge is 0.423 e. The fourth-order valence-corrected chi connectivity index (χ4v) is 5.39. The molecule has 0 radical (unpaired) electrons. The lowest BCUT2D eigenvalue weighted by Gasteiger charge is -2.35. The molecule has 1 saturated carbocycles. The number of rotatable bonds is 8. The maximum atomic E-state index is 13.3. The second-order valence-electron chi connectivity index (χ2n) is 10.5. The minimum Gasteiger partial charge on any atom is -0.490 e. The summed E-state index contributed by atoms with van der Waals surface area (Å²) < 4.78 is 59.4. The number of nitrogens with zero attached hydrogens (tertiary/aromatic N) is 4. The summed E-state index contributed by atoms with van der Waals surface area (Å²) in [6.45, 7) is 4.12. The molecule has 5 rings (SSSR count). The van der Waals surface area contributed by atoms with Crippen LogP contribution in [0.25, 0.3) is 0 Å². The molecule has 1 aliphatic heterocycles. The van der Waals surface area contributed by atoms with E-state index < -0.39 is 22.4 Å². The van der Waals surface area contributed by atoms with Gasteiger partial charge in [0, 0.05) is 62.8 Å². The zero-order valence-corrected chi connectivity index (χ0v) is 22.3. The van der Waals surface area contributed by atoms with Gasteiger partial charge in [-0.15, -0.1) is 0 Å². The highest BCUT2D eigenvalue weighted by Crippen LogP contribution is 2.38. The number of benzene rings is 2. The maximum absolute atomic E-state index is 13.3. The van der Waals surface area contributed by atoms with E-state index in [4.69, 9.17) is 4.74 Å². The molecule has 0 atom stereocenters. The summed E-state index contributed by atoms with van der Waals surface area (Å²) in [5.74, 6) is 1.34. The van der Waals surface area contributed by atoms with Crippen molar-refractivity contribution in [3.05, 3.63) is 87.9 Å². The van der Waals surface area contributed by atoms with Crippen LogP contribution in [0.5, 0.6) is 5.75 Å². The van der Waals surface area contributed by atoms with Crippen molar-refractivity contribution in [3.63, 3.8) is 0 Å². The summed E-state index contributed by atoms with van der Waals surface area (Å²) in [5, 5.41) is 14.1. The molecule has 0 amide bonds.